The molecule has 6 nitrogen and oxygen atoms in total. The number of nitrogens with zero attached hydrogens (tertiary/aromatic N) is 4. The minimum absolute atomic E-state index is 0.133. The van der Waals surface area contributed by atoms with Crippen LogP contribution in [0.3, 0.4) is 0 Å². The Hall–Kier alpha value is -3.17. The van der Waals surface area contributed by atoms with Crippen LogP contribution in [-0.2, 0) is 13.0 Å². The van der Waals surface area contributed by atoms with E-state index in [0.29, 0.717) is 30.3 Å². The Morgan fingerprint density at radius 2 is 2.07 bits per heavy atom. The molecule has 2 aromatic carbocycles. The zero-order valence-corrected chi connectivity index (χ0v) is 17.3. The normalized spacial score (nSPS) is 16.9. The Morgan fingerprint density at radius 3 is 2.87 bits per heavy atom. The molecule has 0 bridgehead atoms. The number of rotatable bonds is 7. The van der Waals surface area contributed by atoms with Crippen LogP contribution in [0.15, 0.2) is 53.1 Å². The summed E-state index contributed by atoms with van der Waals surface area (Å²) in [6.45, 7) is 4.37. The van der Waals surface area contributed by atoms with Gasteiger partial charge in [0.2, 0.25) is 5.89 Å². The maximum atomic E-state index is 8.98. The molecule has 4 rings (SSSR count). The lowest BCUT2D eigenvalue weighted by atomic mass is 10.0. The van der Waals surface area contributed by atoms with Crippen LogP contribution in [-0.4, -0.2) is 28.2 Å². The first-order valence-electron chi connectivity index (χ1n) is 10.5. The van der Waals surface area contributed by atoms with E-state index < -0.39 is 0 Å². The van der Waals surface area contributed by atoms with Crippen LogP contribution >= 0.6 is 0 Å². The van der Waals surface area contributed by atoms with Crippen molar-refractivity contribution in [3.63, 3.8) is 0 Å². The summed E-state index contributed by atoms with van der Waals surface area (Å²) < 4.78 is 11.4. The van der Waals surface area contributed by atoms with Gasteiger partial charge in [-0.3, -0.25) is 4.90 Å². The number of ether oxygens (including phenoxy) is 1. The van der Waals surface area contributed by atoms with Gasteiger partial charge in [0.15, 0.2) is 5.82 Å². The average Bonchev–Trinajstić information content (AvgIpc) is 3.23. The first-order valence-corrected chi connectivity index (χ1v) is 10.5. The zero-order chi connectivity index (χ0) is 20.8. The fourth-order valence-electron chi connectivity index (χ4n) is 3.85. The molecule has 6 heteroatoms. The van der Waals surface area contributed by atoms with Gasteiger partial charge in [-0.2, -0.15) is 10.2 Å². The fraction of sp³-hybridized carbons (Fsp3) is 0.375. The number of hydrogen-bond donors (Lipinski definition) is 0. The van der Waals surface area contributed by atoms with Crippen molar-refractivity contribution in [3.8, 4) is 11.8 Å². The number of benzene rings is 2. The Labute approximate surface area is 177 Å². The lowest BCUT2D eigenvalue weighted by Crippen LogP contribution is -2.33. The van der Waals surface area contributed by atoms with Crippen molar-refractivity contribution < 1.29 is 9.26 Å². The highest BCUT2D eigenvalue weighted by Gasteiger charge is 2.28. The highest BCUT2D eigenvalue weighted by atomic mass is 16.5. The summed E-state index contributed by atoms with van der Waals surface area (Å²) >= 11 is 0. The van der Waals surface area contributed by atoms with E-state index in [9.17, 15) is 0 Å². The summed E-state index contributed by atoms with van der Waals surface area (Å²) in [6.07, 6.45) is 3.94. The van der Waals surface area contributed by atoms with Gasteiger partial charge < -0.3 is 9.26 Å². The van der Waals surface area contributed by atoms with Gasteiger partial charge in [-0.05, 0) is 61.7 Å². The topological polar surface area (TPSA) is 75.2 Å². The van der Waals surface area contributed by atoms with Gasteiger partial charge in [-0.1, -0.05) is 35.8 Å². The van der Waals surface area contributed by atoms with Crippen molar-refractivity contribution >= 4 is 0 Å². The second-order valence-corrected chi connectivity index (χ2v) is 7.75. The minimum atomic E-state index is 0.133. The SMILES string of the molecule is Cc1cccc(OCCc2noc(C3CCCCN3Cc3ccc(C#N)cc3)n2)c1. The molecule has 1 aliphatic heterocycles. The molecule has 0 radical (unpaired) electrons. The quantitative estimate of drug-likeness (QED) is 0.575. The number of aromatic nitrogens is 2. The van der Waals surface area contributed by atoms with Crippen molar-refractivity contribution in [1.82, 2.24) is 15.0 Å². The molecule has 1 aromatic heterocycles. The molecule has 1 atom stereocenters. The van der Waals surface area contributed by atoms with Gasteiger partial charge >= 0.3 is 0 Å². The van der Waals surface area contributed by atoms with Crippen molar-refractivity contribution in [2.45, 2.75) is 45.2 Å². The Balaban J connectivity index is 1.37. The van der Waals surface area contributed by atoms with Gasteiger partial charge in [-0.25, -0.2) is 0 Å². The standard InChI is InChI=1S/C24H26N4O2/c1-18-5-4-6-21(15-18)29-14-12-23-26-24(30-27-23)22-7-2-3-13-28(22)17-20-10-8-19(16-25)9-11-20/h4-6,8-11,15,22H,2-3,7,12-14,17H2,1H3. The largest absolute Gasteiger partial charge is 0.493 e. The number of hydrogen-bond acceptors (Lipinski definition) is 6. The summed E-state index contributed by atoms with van der Waals surface area (Å²) in [4.78, 5) is 7.05. The highest BCUT2D eigenvalue weighted by molar-refractivity contribution is 5.31. The van der Waals surface area contributed by atoms with Crippen molar-refractivity contribution in [3.05, 3.63) is 76.9 Å². The van der Waals surface area contributed by atoms with Crippen molar-refractivity contribution in [2.24, 2.45) is 0 Å². The summed E-state index contributed by atoms with van der Waals surface area (Å²) in [5.74, 6) is 2.23. The number of aryl methyl sites for hydroxylation is 1. The molecular formula is C24H26N4O2. The third kappa shape index (κ3) is 5.05. The highest BCUT2D eigenvalue weighted by Crippen LogP contribution is 2.31. The average molecular weight is 402 g/mol. The summed E-state index contributed by atoms with van der Waals surface area (Å²) in [7, 11) is 0. The van der Waals surface area contributed by atoms with E-state index in [4.69, 9.17) is 14.5 Å². The molecule has 0 aliphatic carbocycles. The van der Waals surface area contributed by atoms with Crippen molar-refractivity contribution in [2.75, 3.05) is 13.2 Å². The molecule has 2 heterocycles. The summed E-state index contributed by atoms with van der Waals surface area (Å²) in [5, 5.41) is 13.2. The third-order valence-corrected chi connectivity index (χ3v) is 5.44. The molecule has 0 spiro atoms. The van der Waals surface area contributed by atoms with E-state index in [1.807, 2.05) is 55.5 Å². The molecular weight excluding hydrogens is 376 g/mol. The van der Waals surface area contributed by atoms with Crippen LogP contribution in [0.5, 0.6) is 5.75 Å². The lowest BCUT2D eigenvalue weighted by molar-refractivity contribution is 0.111. The van der Waals surface area contributed by atoms with Crippen LogP contribution in [0.25, 0.3) is 0 Å². The molecule has 1 fully saturated rings. The summed E-state index contributed by atoms with van der Waals surface area (Å²) in [5.41, 5.74) is 3.05. The van der Waals surface area contributed by atoms with Gasteiger partial charge in [-0.15, -0.1) is 0 Å². The maximum Gasteiger partial charge on any atom is 0.244 e. The molecule has 3 aromatic rings. The van der Waals surface area contributed by atoms with E-state index in [0.717, 1.165) is 38.1 Å². The molecule has 1 aliphatic rings. The maximum absolute atomic E-state index is 8.98. The van der Waals surface area contributed by atoms with E-state index in [-0.39, 0.29) is 6.04 Å². The van der Waals surface area contributed by atoms with Crippen LogP contribution < -0.4 is 4.74 Å². The second-order valence-electron chi connectivity index (χ2n) is 7.75. The first kappa shape index (κ1) is 20.1. The van der Waals surface area contributed by atoms with E-state index in [2.05, 4.69) is 21.1 Å². The monoisotopic (exact) mass is 402 g/mol. The minimum Gasteiger partial charge on any atom is -0.493 e. The molecule has 1 unspecified atom stereocenters. The van der Waals surface area contributed by atoms with E-state index in [1.165, 1.54) is 11.1 Å². The number of piperidine rings is 1. The van der Waals surface area contributed by atoms with Gasteiger partial charge in [0.1, 0.15) is 5.75 Å². The molecule has 30 heavy (non-hydrogen) atoms. The van der Waals surface area contributed by atoms with Crippen LogP contribution in [0.2, 0.25) is 0 Å². The van der Waals surface area contributed by atoms with Gasteiger partial charge in [0, 0.05) is 13.0 Å². The Morgan fingerprint density at radius 1 is 1.20 bits per heavy atom. The van der Waals surface area contributed by atoms with Crippen LogP contribution in [0, 0.1) is 18.3 Å². The van der Waals surface area contributed by atoms with Crippen LogP contribution in [0.1, 0.15) is 53.7 Å². The van der Waals surface area contributed by atoms with Crippen LogP contribution in [0.4, 0.5) is 0 Å². The smallest absolute Gasteiger partial charge is 0.244 e. The number of likely N-dealkylation sites (tertiary alicyclic amines) is 1. The predicted octanol–water partition coefficient (Wildman–Crippen LogP) is 4.60. The number of nitriles is 1. The third-order valence-electron chi connectivity index (χ3n) is 5.44. The zero-order valence-electron chi connectivity index (χ0n) is 17.3. The Kier molecular flexibility index (Phi) is 6.41. The first-order chi connectivity index (χ1) is 14.7. The van der Waals surface area contributed by atoms with Gasteiger partial charge in [0.25, 0.3) is 0 Å². The van der Waals surface area contributed by atoms with Gasteiger partial charge in [0.05, 0.1) is 24.3 Å². The molecule has 0 N–H and O–H groups in total. The lowest BCUT2D eigenvalue weighted by Gasteiger charge is -2.33. The predicted molar refractivity (Wildman–Crippen MR) is 113 cm³/mol. The Bertz CT molecular complexity index is 1010. The molecule has 0 amide bonds. The van der Waals surface area contributed by atoms with E-state index >= 15 is 0 Å². The van der Waals surface area contributed by atoms with Crippen molar-refractivity contribution in [1.29, 1.82) is 5.26 Å². The second kappa shape index (κ2) is 9.55. The summed E-state index contributed by atoms with van der Waals surface area (Å²) in [6, 6.07) is 18.1. The molecule has 154 valence electrons. The fourth-order valence-corrected chi connectivity index (χ4v) is 3.85. The van der Waals surface area contributed by atoms with E-state index in [1.54, 1.807) is 0 Å². The molecule has 0 saturated carbocycles. The molecule has 1 saturated heterocycles.